The number of phenolic OH excluding ortho intramolecular Hbond substituents is 1. The molecular weight excluding hydrogens is 266 g/mol. The number of rotatable bonds is 3. The highest BCUT2D eigenvalue weighted by Gasteiger charge is 2.22. The van der Waals surface area contributed by atoms with Crippen molar-refractivity contribution in [2.45, 2.75) is 6.92 Å². The average Bonchev–Trinajstić information content (AvgIpc) is 2.42. The average molecular weight is 278 g/mol. The highest BCUT2D eigenvalue weighted by Crippen LogP contribution is 2.22. The van der Waals surface area contributed by atoms with Gasteiger partial charge < -0.3 is 10.0 Å². The number of hydrogen-bond acceptors (Lipinski definition) is 3. The Morgan fingerprint density at radius 2 is 2.10 bits per heavy atom. The van der Waals surface area contributed by atoms with E-state index in [0.717, 1.165) is 12.3 Å². The molecule has 1 N–H and O–H groups in total. The molecule has 0 atom stereocenters. The summed E-state index contributed by atoms with van der Waals surface area (Å²) in [6.07, 6.45) is 1.03. The zero-order valence-corrected chi connectivity index (χ0v) is 10.7. The van der Waals surface area contributed by atoms with Crippen LogP contribution < -0.4 is 4.90 Å². The lowest BCUT2D eigenvalue weighted by atomic mass is 10.2. The first kappa shape index (κ1) is 13.9. The first-order chi connectivity index (χ1) is 9.54. The Morgan fingerprint density at radius 1 is 1.35 bits per heavy atom. The van der Waals surface area contributed by atoms with Crippen LogP contribution in [0.2, 0.25) is 0 Å². The van der Waals surface area contributed by atoms with Gasteiger partial charge in [-0.25, -0.2) is 9.37 Å². The van der Waals surface area contributed by atoms with Crippen LogP contribution in [0.25, 0.3) is 0 Å². The molecule has 4 nitrogen and oxygen atoms in total. The van der Waals surface area contributed by atoms with E-state index in [9.17, 15) is 18.7 Å². The molecule has 0 aliphatic rings. The summed E-state index contributed by atoms with van der Waals surface area (Å²) >= 11 is 0. The molecule has 2 aromatic rings. The van der Waals surface area contributed by atoms with Gasteiger partial charge in [-0.3, -0.25) is 4.79 Å². The smallest absolute Gasteiger partial charge is 0.261 e. The molecule has 0 saturated heterocycles. The fourth-order valence-corrected chi connectivity index (χ4v) is 1.83. The quantitative estimate of drug-likeness (QED) is 0.878. The minimum Gasteiger partial charge on any atom is -0.508 e. The van der Waals surface area contributed by atoms with E-state index in [1.165, 1.54) is 17.0 Å². The molecule has 1 heterocycles. The number of halogens is 2. The van der Waals surface area contributed by atoms with Crippen LogP contribution >= 0.6 is 0 Å². The van der Waals surface area contributed by atoms with Crippen LogP contribution in [0.1, 0.15) is 17.3 Å². The highest BCUT2D eigenvalue weighted by atomic mass is 19.2. The van der Waals surface area contributed by atoms with Crippen LogP contribution in [0.3, 0.4) is 0 Å². The lowest BCUT2D eigenvalue weighted by Crippen LogP contribution is -2.31. The molecule has 0 saturated carbocycles. The topological polar surface area (TPSA) is 53.4 Å². The van der Waals surface area contributed by atoms with Gasteiger partial charge in [-0.15, -0.1) is 0 Å². The minimum atomic E-state index is -1.32. The van der Waals surface area contributed by atoms with Crippen LogP contribution in [0, 0.1) is 11.8 Å². The van der Waals surface area contributed by atoms with E-state index in [-0.39, 0.29) is 12.3 Å². The molecule has 1 amide bonds. The van der Waals surface area contributed by atoms with E-state index in [2.05, 4.69) is 4.98 Å². The zero-order chi connectivity index (χ0) is 14.7. The van der Waals surface area contributed by atoms with E-state index >= 15 is 0 Å². The summed E-state index contributed by atoms with van der Waals surface area (Å²) < 4.78 is 26.7. The third-order valence-electron chi connectivity index (χ3n) is 2.78. The van der Waals surface area contributed by atoms with Crippen molar-refractivity contribution in [2.24, 2.45) is 0 Å². The number of phenols is 1. The van der Waals surface area contributed by atoms with Crippen LogP contribution in [0.5, 0.6) is 5.75 Å². The number of amides is 1. The Hall–Kier alpha value is -2.50. The van der Waals surface area contributed by atoms with Crippen molar-refractivity contribution in [1.82, 2.24) is 4.98 Å². The van der Waals surface area contributed by atoms with Gasteiger partial charge >= 0.3 is 0 Å². The Balaban J connectivity index is 2.42. The molecule has 1 aromatic heterocycles. The van der Waals surface area contributed by atoms with Crippen molar-refractivity contribution in [3.8, 4) is 5.75 Å². The Morgan fingerprint density at radius 3 is 2.75 bits per heavy atom. The number of anilines is 1. The summed E-state index contributed by atoms with van der Waals surface area (Å²) in [4.78, 5) is 16.6. The third kappa shape index (κ3) is 2.59. The Labute approximate surface area is 114 Å². The number of nitrogens with zero attached hydrogens (tertiary/aromatic N) is 2. The van der Waals surface area contributed by atoms with Gasteiger partial charge in [0.1, 0.15) is 5.75 Å². The normalized spacial score (nSPS) is 10.3. The molecule has 0 aliphatic heterocycles. The van der Waals surface area contributed by atoms with E-state index in [4.69, 9.17) is 0 Å². The minimum absolute atomic E-state index is 0.0184. The number of carbonyl (C=O) groups excluding carboxylic acids is 1. The van der Waals surface area contributed by atoms with E-state index < -0.39 is 23.2 Å². The van der Waals surface area contributed by atoms with Crippen molar-refractivity contribution >= 4 is 11.6 Å². The van der Waals surface area contributed by atoms with Gasteiger partial charge in [-0.2, -0.15) is 4.39 Å². The van der Waals surface area contributed by atoms with Gasteiger partial charge in [0.2, 0.25) is 5.95 Å². The van der Waals surface area contributed by atoms with Crippen LogP contribution in [0.15, 0.2) is 36.5 Å². The van der Waals surface area contributed by atoms with Crippen molar-refractivity contribution in [2.75, 3.05) is 11.4 Å². The van der Waals surface area contributed by atoms with Crippen LogP contribution in [0.4, 0.5) is 14.5 Å². The van der Waals surface area contributed by atoms with E-state index in [1.54, 1.807) is 19.1 Å². The number of aromatic nitrogens is 1. The zero-order valence-electron chi connectivity index (χ0n) is 10.7. The molecule has 0 bridgehead atoms. The maximum Gasteiger partial charge on any atom is 0.261 e. The van der Waals surface area contributed by atoms with Gasteiger partial charge in [0.25, 0.3) is 5.91 Å². The van der Waals surface area contributed by atoms with Crippen molar-refractivity contribution in [3.63, 3.8) is 0 Å². The second-order valence-electron chi connectivity index (χ2n) is 4.03. The molecule has 0 fully saturated rings. The fourth-order valence-electron chi connectivity index (χ4n) is 1.83. The molecule has 0 spiro atoms. The van der Waals surface area contributed by atoms with Gasteiger partial charge in [0.15, 0.2) is 5.82 Å². The summed E-state index contributed by atoms with van der Waals surface area (Å²) in [6.45, 7) is 1.93. The SMILES string of the molecule is CCN(C(=O)c1ccnc(F)c1F)c1cccc(O)c1. The Bertz CT molecular complexity index is 647. The Kier molecular flexibility index (Phi) is 3.93. The van der Waals surface area contributed by atoms with Gasteiger partial charge in [-0.05, 0) is 25.1 Å². The van der Waals surface area contributed by atoms with Gasteiger partial charge in [0.05, 0.1) is 5.56 Å². The maximum atomic E-state index is 13.6. The molecule has 20 heavy (non-hydrogen) atoms. The van der Waals surface area contributed by atoms with Crippen molar-refractivity contribution in [1.29, 1.82) is 0 Å². The molecular formula is C14H12F2N2O2. The maximum absolute atomic E-state index is 13.6. The number of hydrogen-bond donors (Lipinski definition) is 1. The standard InChI is InChI=1S/C14H12F2N2O2/c1-2-18(9-4-3-5-10(19)8-9)14(20)11-6-7-17-13(16)12(11)15/h3-8,19H,2H2,1H3. The first-order valence-electron chi connectivity index (χ1n) is 5.95. The number of pyridine rings is 1. The molecule has 104 valence electrons. The summed E-state index contributed by atoms with van der Waals surface area (Å²) in [5.41, 5.74) is -0.00295. The summed E-state index contributed by atoms with van der Waals surface area (Å²) in [5, 5.41) is 9.43. The van der Waals surface area contributed by atoms with Gasteiger partial charge in [0, 0.05) is 24.5 Å². The monoisotopic (exact) mass is 278 g/mol. The largest absolute Gasteiger partial charge is 0.508 e. The lowest BCUT2D eigenvalue weighted by molar-refractivity contribution is 0.0983. The van der Waals surface area contributed by atoms with Crippen molar-refractivity contribution < 1.29 is 18.7 Å². The lowest BCUT2D eigenvalue weighted by Gasteiger charge is -2.21. The predicted molar refractivity (Wildman–Crippen MR) is 69.6 cm³/mol. The fraction of sp³-hybridized carbons (Fsp3) is 0.143. The van der Waals surface area contributed by atoms with E-state index in [0.29, 0.717) is 5.69 Å². The highest BCUT2D eigenvalue weighted by molar-refractivity contribution is 6.06. The molecule has 0 aliphatic carbocycles. The number of aromatic hydroxyl groups is 1. The van der Waals surface area contributed by atoms with E-state index in [1.807, 2.05) is 0 Å². The van der Waals surface area contributed by atoms with Crippen LogP contribution in [-0.4, -0.2) is 22.5 Å². The molecule has 0 unspecified atom stereocenters. The second kappa shape index (κ2) is 5.64. The third-order valence-corrected chi connectivity index (χ3v) is 2.78. The molecule has 2 rings (SSSR count). The number of carbonyl (C=O) groups is 1. The first-order valence-corrected chi connectivity index (χ1v) is 5.95. The van der Waals surface area contributed by atoms with Crippen LogP contribution in [-0.2, 0) is 0 Å². The predicted octanol–water partition coefficient (Wildman–Crippen LogP) is 2.73. The molecule has 1 aromatic carbocycles. The van der Waals surface area contributed by atoms with Crippen molar-refractivity contribution in [3.05, 3.63) is 53.9 Å². The number of benzene rings is 1. The molecule has 0 radical (unpaired) electrons. The molecule has 6 heteroatoms. The summed E-state index contributed by atoms with van der Waals surface area (Å²) in [6, 6.07) is 7.10. The summed E-state index contributed by atoms with van der Waals surface area (Å²) in [7, 11) is 0. The second-order valence-corrected chi connectivity index (χ2v) is 4.03. The van der Waals surface area contributed by atoms with Gasteiger partial charge in [-0.1, -0.05) is 6.07 Å². The summed E-state index contributed by atoms with van der Waals surface area (Å²) in [5.74, 6) is -3.31.